The van der Waals surface area contributed by atoms with Crippen molar-refractivity contribution in [1.82, 2.24) is 5.16 Å². The van der Waals surface area contributed by atoms with Crippen molar-refractivity contribution in [3.05, 3.63) is 35.5 Å². The van der Waals surface area contributed by atoms with Gasteiger partial charge in [-0.05, 0) is 50.2 Å². The maximum absolute atomic E-state index is 5.66. The molecule has 21 heavy (non-hydrogen) atoms. The quantitative estimate of drug-likeness (QED) is 0.847. The number of aryl methyl sites for hydroxylation is 1. The molecule has 2 unspecified atom stereocenters. The molecule has 0 bridgehead atoms. The van der Waals surface area contributed by atoms with Crippen molar-refractivity contribution in [3.63, 3.8) is 0 Å². The normalized spacial score (nSPS) is 24.0. The summed E-state index contributed by atoms with van der Waals surface area (Å²) in [6, 6.07) is 8.71. The first-order chi connectivity index (χ1) is 10.2. The fourth-order valence-electron chi connectivity index (χ4n) is 3.22. The molecule has 3 nitrogen and oxygen atoms in total. The molecule has 4 rings (SSSR count). The molecule has 0 spiro atoms. The highest BCUT2D eigenvalue weighted by molar-refractivity contribution is 5.68. The Labute approximate surface area is 125 Å². The summed E-state index contributed by atoms with van der Waals surface area (Å²) in [6.45, 7) is 6.74. The van der Waals surface area contributed by atoms with Gasteiger partial charge < -0.3 is 9.42 Å². The van der Waals surface area contributed by atoms with E-state index in [0.29, 0.717) is 0 Å². The number of nitrogens with zero attached hydrogens (tertiary/aromatic N) is 2. The molecule has 2 heterocycles. The van der Waals surface area contributed by atoms with Crippen LogP contribution >= 0.6 is 0 Å². The van der Waals surface area contributed by atoms with Crippen molar-refractivity contribution in [1.29, 1.82) is 0 Å². The van der Waals surface area contributed by atoms with Gasteiger partial charge in [-0.25, -0.2) is 0 Å². The van der Waals surface area contributed by atoms with E-state index in [1.165, 1.54) is 42.7 Å². The Morgan fingerprint density at radius 3 is 2.81 bits per heavy atom. The van der Waals surface area contributed by atoms with Crippen LogP contribution in [0.15, 0.2) is 28.8 Å². The van der Waals surface area contributed by atoms with Gasteiger partial charge in [-0.1, -0.05) is 24.2 Å². The average molecular weight is 282 g/mol. The minimum atomic E-state index is 0.820. The van der Waals surface area contributed by atoms with Gasteiger partial charge in [0, 0.05) is 29.9 Å². The van der Waals surface area contributed by atoms with Crippen LogP contribution in [0.2, 0.25) is 0 Å². The Balaban J connectivity index is 1.66. The molecule has 1 aromatic heterocycles. The van der Waals surface area contributed by atoms with Gasteiger partial charge in [-0.3, -0.25) is 0 Å². The highest BCUT2D eigenvalue weighted by Crippen LogP contribution is 2.43. The molecule has 2 aliphatic rings. The first-order valence-corrected chi connectivity index (χ1v) is 8.03. The lowest BCUT2D eigenvalue weighted by Gasteiger charge is -2.33. The van der Waals surface area contributed by atoms with E-state index in [2.05, 4.69) is 48.2 Å². The molecule has 0 N–H and O–H groups in total. The van der Waals surface area contributed by atoms with E-state index in [9.17, 15) is 0 Å². The molecule has 1 aliphatic heterocycles. The van der Waals surface area contributed by atoms with Crippen molar-refractivity contribution >= 4 is 5.69 Å². The second-order valence-electron chi connectivity index (χ2n) is 6.64. The molecule has 1 saturated heterocycles. The topological polar surface area (TPSA) is 29.3 Å². The number of rotatable bonds is 4. The molecular weight excluding hydrogens is 260 g/mol. The zero-order valence-electron chi connectivity index (χ0n) is 12.8. The first-order valence-electron chi connectivity index (χ1n) is 8.03. The van der Waals surface area contributed by atoms with E-state index in [1.807, 2.05) is 0 Å². The van der Waals surface area contributed by atoms with E-state index < -0.39 is 0 Å². The lowest BCUT2D eigenvalue weighted by Crippen LogP contribution is -2.36. The van der Waals surface area contributed by atoms with Gasteiger partial charge in [0.05, 0.1) is 5.69 Å². The summed E-state index contributed by atoms with van der Waals surface area (Å²) in [7, 11) is 0. The summed E-state index contributed by atoms with van der Waals surface area (Å²) in [6.07, 6.45) is 3.76. The van der Waals surface area contributed by atoms with Crippen LogP contribution in [0.5, 0.6) is 0 Å². The standard InChI is InChI=1S/C18H22N2O/c1-12-9-15(12)11-17-13(2)19-21-18(17)14-5-3-6-16(10-14)20-7-4-8-20/h3,5-6,10,12,15H,4,7-9,11H2,1-2H3. The van der Waals surface area contributed by atoms with Crippen molar-refractivity contribution in [2.24, 2.45) is 11.8 Å². The van der Waals surface area contributed by atoms with Gasteiger partial charge in [0.25, 0.3) is 0 Å². The molecule has 1 aromatic carbocycles. The fraction of sp³-hybridized carbons (Fsp3) is 0.500. The van der Waals surface area contributed by atoms with E-state index in [4.69, 9.17) is 4.52 Å². The lowest BCUT2D eigenvalue weighted by molar-refractivity contribution is 0.426. The van der Waals surface area contributed by atoms with Crippen molar-refractivity contribution in [3.8, 4) is 11.3 Å². The van der Waals surface area contributed by atoms with E-state index in [-0.39, 0.29) is 0 Å². The fourth-order valence-corrected chi connectivity index (χ4v) is 3.22. The lowest BCUT2D eigenvalue weighted by atomic mass is 10.0. The molecule has 2 fully saturated rings. The molecule has 1 saturated carbocycles. The zero-order chi connectivity index (χ0) is 14.4. The largest absolute Gasteiger partial charge is 0.371 e. The molecule has 2 atom stereocenters. The Morgan fingerprint density at radius 2 is 2.14 bits per heavy atom. The predicted octanol–water partition coefficient (Wildman–Crippen LogP) is 4.06. The molecule has 2 aromatic rings. The highest BCUT2D eigenvalue weighted by atomic mass is 16.5. The molecule has 110 valence electrons. The van der Waals surface area contributed by atoms with Crippen molar-refractivity contribution in [2.75, 3.05) is 18.0 Å². The van der Waals surface area contributed by atoms with Crippen LogP contribution < -0.4 is 4.90 Å². The van der Waals surface area contributed by atoms with Crippen LogP contribution in [0.1, 0.15) is 31.0 Å². The first kappa shape index (κ1) is 12.9. The van der Waals surface area contributed by atoms with E-state index >= 15 is 0 Å². The number of hydrogen-bond acceptors (Lipinski definition) is 3. The molecular formula is C18H22N2O. The molecule has 1 aliphatic carbocycles. The predicted molar refractivity (Wildman–Crippen MR) is 84.5 cm³/mol. The number of aromatic nitrogens is 1. The summed E-state index contributed by atoms with van der Waals surface area (Å²) in [5.74, 6) is 2.66. The minimum Gasteiger partial charge on any atom is -0.371 e. The monoisotopic (exact) mass is 282 g/mol. The summed E-state index contributed by atoms with van der Waals surface area (Å²) >= 11 is 0. The maximum atomic E-state index is 5.66. The van der Waals surface area contributed by atoms with Gasteiger partial charge in [-0.15, -0.1) is 0 Å². The van der Waals surface area contributed by atoms with Crippen molar-refractivity contribution in [2.45, 2.75) is 33.1 Å². The third-order valence-corrected chi connectivity index (χ3v) is 5.06. The summed E-state index contributed by atoms with van der Waals surface area (Å²) in [5, 5.41) is 4.22. The zero-order valence-corrected chi connectivity index (χ0v) is 12.8. The molecule has 0 radical (unpaired) electrons. The Kier molecular flexibility index (Phi) is 3.02. The Morgan fingerprint density at radius 1 is 1.33 bits per heavy atom. The Bertz CT molecular complexity index is 657. The summed E-state index contributed by atoms with van der Waals surface area (Å²) < 4.78 is 5.66. The second-order valence-corrected chi connectivity index (χ2v) is 6.64. The van der Waals surface area contributed by atoms with Gasteiger partial charge in [0.1, 0.15) is 0 Å². The number of anilines is 1. The highest BCUT2D eigenvalue weighted by Gasteiger charge is 2.34. The number of hydrogen-bond donors (Lipinski definition) is 0. The van der Waals surface area contributed by atoms with Gasteiger partial charge in [0.15, 0.2) is 5.76 Å². The van der Waals surface area contributed by atoms with Gasteiger partial charge >= 0.3 is 0 Å². The summed E-state index contributed by atoms with van der Waals surface area (Å²) in [4.78, 5) is 2.41. The van der Waals surface area contributed by atoms with Crippen LogP contribution in [0.3, 0.4) is 0 Å². The SMILES string of the molecule is Cc1noc(-c2cccc(N3CCC3)c2)c1CC1CC1C. The minimum absolute atomic E-state index is 0.820. The molecule has 3 heteroatoms. The smallest absolute Gasteiger partial charge is 0.170 e. The second kappa shape index (κ2) is 4.90. The third kappa shape index (κ3) is 2.35. The van der Waals surface area contributed by atoms with E-state index in [0.717, 1.165) is 29.7 Å². The summed E-state index contributed by atoms with van der Waals surface area (Å²) in [5.41, 5.74) is 4.84. The maximum Gasteiger partial charge on any atom is 0.170 e. The average Bonchev–Trinajstić information content (AvgIpc) is 2.98. The Hall–Kier alpha value is -1.77. The third-order valence-electron chi connectivity index (χ3n) is 5.06. The van der Waals surface area contributed by atoms with Crippen LogP contribution in [-0.4, -0.2) is 18.2 Å². The van der Waals surface area contributed by atoms with Crippen LogP contribution in [0.4, 0.5) is 5.69 Å². The van der Waals surface area contributed by atoms with Crippen LogP contribution in [0, 0.1) is 18.8 Å². The van der Waals surface area contributed by atoms with Crippen molar-refractivity contribution < 1.29 is 4.52 Å². The van der Waals surface area contributed by atoms with Gasteiger partial charge in [-0.2, -0.15) is 0 Å². The number of benzene rings is 1. The van der Waals surface area contributed by atoms with Crippen LogP contribution in [-0.2, 0) is 6.42 Å². The van der Waals surface area contributed by atoms with Gasteiger partial charge in [0.2, 0.25) is 0 Å². The van der Waals surface area contributed by atoms with Crippen LogP contribution in [0.25, 0.3) is 11.3 Å². The van der Waals surface area contributed by atoms with E-state index in [1.54, 1.807) is 0 Å². The molecule has 0 amide bonds.